The molecule has 0 radical (unpaired) electrons. The average molecular weight is 251 g/mol. The van der Waals surface area contributed by atoms with Gasteiger partial charge in [0.15, 0.2) is 0 Å². The number of ether oxygens (including phenoxy) is 1. The molecule has 0 amide bonds. The molecule has 2 rings (SSSR count). The minimum Gasteiger partial charge on any atom is -0.465 e. The maximum Gasteiger partial charge on any atom is 0.341 e. The van der Waals surface area contributed by atoms with Crippen molar-refractivity contribution in [3.8, 4) is 0 Å². The highest BCUT2D eigenvalue weighted by atomic mass is 16.5. The lowest BCUT2D eigenvalue weighted by atomic mass is 9.93. The van der Waals surface area contributed by atoms with Crippen molar-refractivity contribution >= 4 is 11.9 Å². The van der Waals surface area contributed by atoms with Crippen molar-refractivity contribution in [3.05, 3.63) is 18.0 Å². The van der Waals surface area contributed by atoms with Crippen LogP contribution in [0.1, 0.15) is 36.0 Å². The van der Waals surface area contributed by atoms with E-state index in [0.29, 0.717) is 11.5 Å². The number of aromatic nitrogens is 2. The number of carbonyl (C=O) groups excluding carboxylic acids is 1. The Morgan fingerprint density at radius 2 is 1.94 bits per heavy atom. The first-order chi connectivity index (χ1) is 8.69. The monoisotopic (exact) mass is 251 g/mol. The Kier molecular flexibility index (Phi) is 4.09. The predicted molar refractivity (Wildman–Crippen MR) is 65.3 cm³/mol. The Bertz CT molecular complexity index is 400. The van der Waals surface area contributed by atoms with Crippen molar-refractivity contribution in [2.24, 2.45) is 0 Å². The molecule has 1 heterocycles. The lowest BCUT2D eigenvalue weighted by molar-refractivity contribution is 0.0599. The number of aliphatic hydroxyl groups is 1. The molecule has 2 N–H and O–H groups in total. The van der Waals surface area contributed by atoms with E-state index < -0.39 is 5.97 Å². The van der Waals surface area contributed by atoms with Crippen LogP contribution < -0.4 is 5.32 Å². The lowest BCUT2D eigenvalue weighted by Crippen LogP contribution is -2.28. The van der Waals surface area contributed by atoms with Crippen LogP contribution in [0, 0.1) is 0 Å². The van der Waals surface area contributed by atoms with E-state index in [9.17, 15) is 9.90 Å². The number of aliphatic hydroxyl groups excluding tert-OH is 1. The van der Waals surface area contributed by atoms with Gasteiger partial charge in [-0.05, 0) is 25.7 Å². The SMILES string of the molecule is COC(=O)c1cnc(NC2CCC(O)CC2)nc1. The van der Waals surface area contributed by atoms with E-state index >= 15 is 0 Å². The highest BCUT2D eigenvalue weighted by Crippen LogP contribution is 2.20. The summed E-state index contributed by atoms with van der Waals surface area (Å²) in [4.78, 5) is 19.4. The molecule has 6 heteroatoms. The molecule has 1 aromatic rings. The van der Waals surface area contributed by atoms with Gasteiger partial charge < -0.3 is 15.2 Å². The molecule has 1 fully saturated rings. The van der Waals surface area contributed by atoms with Crippen LogP contribution >= 0.6 is 0 Å². The van der Waals surface area contributed by atoms with Crippen LogP contribution in [0.25, 0.3) is 0 Å². The van der Waals surface area contributed by atoms with E-state index in [0.717, 1.165) is 25.7 Å². The third kappa shape index (κ3) is 3.16. The third-order valence-electron chi connectivity index (χ3n) is 3.10. The van der Waals surface area contributed by atoms with Gasteiger partial charge in [0.1, 0.15) is 0 Å². The first kappa shape index (κ1) is 12.8. The van der Waals surface area contributed by atoms with Crippen molar-refractivity contribution in [2.75, 3.05) is 12.4 Å². The lowest BCUT2D eigenvalue weighted by Gasteiger charge is -2.26. The molecule has 0 spiro atoms. The van der Waals surface area contributed by atoms with Gasteiger partial charge in [0.2, 0.25) is 5.95 Å². The van der Waals surface area contributed by atoms with Gasteiger partial charge in [0, 0.05) is 18.4 Å². The Labute approximate surface area is 105 Å². The summed E-state index contributed by atoms with van der Waals surface area (Å²) >= 11 is 0. The van der Waals surface area contributed by atoms with Crippen molar-refractivity contribution in [1.82, 2.24) is 9.97 Å². The second kappa shape index (κ2) is 5.77. The first-order valence-electron chi connectivity index (χ1n) is 6.04. The fourth-order valence-corrected chi connectivity index (χ4v) is 2.03. The van der Waals surface area contributed by atoms with E-state index in [1.54, 1.807) is 0 Å². The number of carbonyl (C=O) groups is 1. The molecule has 98 valence electrons. The number of hydrogen-bond donors (Lipinski definition) is 2. The Morgan fingerprint density at radius 1 is 1.33 bits per heavy atom. The van der Waals surface area contributed by atoms with E-state index in [1.165, 1.54) is 19.5 Å². The molecule has 0 saturated heterocycles. The van der Waals surface area contributed by atoms with Gasteiger partial charge in [-0.1, -0.05) is 0 Å². The molecule has 6 nitrogen and oxygen atoms in total. The third-order valence-corrected chi connectivity index (χ3v) is 3.10. The average Bonchev–Trinajstić information content (AvgIpc) is 2.41. The molecule has 0 aromatic carbocycles. The summed E-state index contributed by atoms with van der Waals surface area (Å²) < 4.78 is 4.57. The van der Waals surface area contributed by atoms with Crippen LogP contribution in [0.15, 0.2) is 12.4 Å². The van der Waals surface area contributed by atoms with Crippen LogP contribution in [-0.2, 0) is 4.74 Å². The highest BCUT2D eigenvalue weighted by Gasteiger charge is 2.19. The molecule has 0 atom stereocenters. The van der Waals surface area contributed by atoms with Gasteiger partial charge in [0.25, 0.3) is 0 Å². The summed E-state index contributed by atoms with van der Waals surface area (Å²) in [7, 11) is 1.32. The molecule has 0 bridgehead atoms. The van der Waals surface area contributed by atoms with Crippen molar-refractivity contribution in [2.45, 2.75) is 37.8 Å². The van der Waals surface area contributed by atoms with Crippen molar-refractivity contribution < 1.29 is 14.6 Å². The topological polar surface area (TPSA) is 84.3 Å². The second-order valence-electron chi connectivity index (χ2n) is 4.44. The van der Waals surface area contributed by atoms with Crippen LogP contribution in [-0.4, -0.2) is 40.3 Å². The maximum absolute atomic E-state index is 11.2. The Hall–Kier alpha value is -1.69. The van der Waals surface area contributed by atoms with Crippen LogP contribution in [0.2, 0.25) is 0 Å². The molecule has 1 aliphatic rings. The molecule has 1 saturated carbocycles. The molecule has 1 aromatic heterocycles. The largest absolute Gasteiger partial charge is 0.465 e. The molecule has 18 heavy (non-hydrogen) atoms. The molecular weight excluding hydrogens is 234 g/mol. The molecule has 0 aliphatic heterocycles. The molecule has 1 aliphatic carbocycles. The van der Waals surface area contributed by atoms with Crippen LogP contribution in [0.4, 0.5) is 5.95 Å². The van der Waals surface area contributed by atoms with Gasteiger partial charge in [-0.2, -0.15) is 0 Å². The minimum atomic E-state index is -0.442. The zero-order valence-electron chi connectivity index (χ0n) is 10.3. The van der Waals surface area contributed by atoms with Gasteiger partial charge in [-0.25, -0.2) is 14.8 Å². The van der Waals surface area contributed by atoms with Crippen molar-refractivity contribution in [3.63, 3.8) is 0 Å². The number of nitrogens with zero attached hydrogens (tertiary/aromatic N) is 2. The fraction of sp³-hybridized carbons (Fsp3) is 0.583. The van der Waals surface area contributed by atoms with Gasteiger partial charge >= 0.3 is 5.97 Å². The zero-order valence-corrected chi connectivity index (χ0v) is 10.3. The predicted octanol–water partition coefficient (Wildman–Crippen LogP) is 0.979. The van der Waals surface area contributed by atoms with Crippen LogP contribution in [0.3, 0.4) is 0 Å². The molecule has 0 unspecified atom stereocenters. The number of hydrogen-bond acceptors (Lipinski definition) is 6. The van der Waals surface area contributed by atoms with Gasteiger partial charge in [0.05, 0.1) is 18.8 Å². The van der Waals surface area contributed by atoms with E-state index in [2.05, 4.69) is 20.0 Å². The van der Waals surface area contributed by atoms with E-state index in [4.69, 9.17) is 0 Å². The zero-order chi connectivity index (χ0) is 13.0. The minimum absolute atomic E-state index is 0.175. The summed E-state index contributed by atoms with van der Waals surface area (Å²) in [5.74, 6) is 0.0615. The maximum atomic E-state index is 11.2. The summed E-state index contributed by atoms with van der Waals surface area (Å²) in [6.45, 7) is 0. The number of anilines is 1. The summed E-state index contributed by atoms with van der Waals surface area (Å²) in [5.41, 5.74) is 0.335. The van der Waals surface area contributed by atoms with Gasteiger partial charge in [-0.15, -0.1) is 0 Å². The van der Waals surface area contributed by atoms with Crippen molar-refractivity contribution in [1.29, 1.82) is 0 Å². The summed E-state index contributed by atoms with van der Waals surface area (Å²) in [6.07, 6.45) is 6.13. The quantitative estimate of drug-likeness (QED) is 0.779. The number of rotatable bonds is 3. The summed E-state index contributed by atoms with van der Waals surface area (Å²) in [5, 5.41) is 12.6. The van der Waals surface area contributed by atoms with E-state index in [1.807, 2.05) is 0 Å². The Morgan fingerprint density at radius 3 is 2.50 bits per heavy atom. The fourth-order valence-electron chi connectivity index (χ4n) is 2.03. The standard InChI is InChI=1S/C12H17N3O3/c1-18-11(17)8-6-13-12(14-7-8)15-9-2-4-10(16)5-3-9/h6-7,9-10,16H,2-5H2,1H3,(H,13,14,15). The number of methoxy groups -OCH3 is 1. The van der Waals surface area contributed by atoms with Crippen LogP contribution in [0.5, 0.6) is 0 Å². The smallest absolute Gasteiger partial charge is 0.341 e. The second-order valence-corrected chi connectivity index (χ2v) is 4.44. The first-order valence-corrected chi connectivity index (χ1v) is 6.04. The van der Waals surface area contributed by atoms with Gasteiger partial charge in [-0.3, -0.25) is 0 Å². The molecular formula is C12H17N3O3. The number of nitrogens with one attached hydrogen (secondary N) is 1. The summed E-state index contributed by atoms with van der Waals surface area (Å²) in [6, 6.07) is 0.289. The van der Waals surface area contributed by atoms with E-state index in [-0.39, 0.29) is 12.1 Å². The Balaban J connectivity index is 1.92. The number of esters is 1. The highest BCUT2D eigenvalue weighted by molar-refractivity contribution is 5.88. The normalized spacial score (nSPS) is 23.4.